The Morgan fingerprint density at radius 1 is 0.621 bits per heavy atom. The van der Waals surface area contributed by atoms with Crippen molar-refractivity contribution in [1.82, 2.24) is 0 Å². The van der Waals surface area contributed by atoms with Crippen molar-refractivity contribution in [2.24, 2.45) is 5.73 Å². The number of benzene rings is 3. The van der Waals surface area contributed by atoms with Gasteiger partial charge < -0.3 is 10.5 Å². The minimum atomic E-state index is -0.675. The molecule has 2 nitrogen and oxygen atoms in total. The normalized spacial score (nSPS) is 11.6. The van der Waals surface area contributed by atoms with Gasteiger partial charge in [-0.05, 0) is 52.6 Å². The predicted octanol–water partition coefficient (Wildman–Crippen LogP) is 5.64. The number of ether oxygens (including phenoxy) is 1. The van der Waals surface area contributed by atoms with Gasteiger partial charge >= 0.3 is 0 Å². The van der Waals surface area contributed by atoms with Crippen molar-refractivity contribution in [3.63, 3.8) is 0 Å². The molecule has 0 heterocycles. The number of aryl methyl sites for hydroxylation is 3. The van der Waals surface area contributed by atoms with Gasteiger partial charge in [-0.2, -0.15) is 0 Å². The molecule has 0 unspecified atom stereocenters. The Bertz CT molecular complexity index is 815. The van der Waals surface area contributed by atoms with Gasteiger partial charge in [-0.15, -0.1) is 0 Å². The molecular formula is C27H33NO. The van der Waals surface area contributed by atoms with Gasteiger partial charge in [0.1, 0.15) is 5.60 Å². The van der Waals surface area contributed by atoms with E-state index in [0.29, 0.717) is 13.2 Å². The van der Waals surface area contributed by atoms with Crippen LogP contribution < -0.4 is 5.73 Å². The topological polar surface area (TPSA) is 35.2 Å². The molecular weight excluding hydrogens is 354 g/mol. The second-order valence-corrected chi connectivity index (χ2v) is 7.35. The average Bonchev–Trinajstić information content (AvgIpc) is 2.80. The Hall–Kier alpha value is -2.42. The summed E-state index contributed by atoms with van der Waals surface area (Å²) in [7, 11) is 0. The van der Waals surface area contributed by atoms with Gasteiger partial charge in [-0.25, -0.2) is 0 Å². The quantitative estimate of drug-likeness (QED) is 0.482. The van der Waals surface area contributed by atoms with Gasteiger partial charge in [-0.1, -0.05) is 93.6 Å². The molecule has 0 aliphatic carbocycles. The van der Waals surface area contributed by atoms with Crippen LogP contribution >= 0.6 is 0 Å². The average molecular weight is 388 g/mol. The lowest BCUT2D eigenvalue weighted by molar-refractivity contribution is 0.0161. The summed E-state index contributed by atoms with van der Waals surface area (Å²) in [6.07, 6.45) is 2.85. The summed E-state index contributed by atoms with van der Waals surface area (Å²) in [5, 5.41) is 0. The molecule has 2 N–H and O–H groups in total. The van der Waals surface area contributed by atoms with E-state index in [-0.39, 0.29) is 0 Å². The molecule has 0 fully saturated rings. The van der Waals surface area contributed by atoms with E-state index in [9.17, 15) is 0 Å². The molecule has 0 bridgehead atoms. The van der Waals surface area contributed by atoms with Crippen molar-refractivity contribution in [2.45, 2.75) is 45.6 Å². The first-order chi connectivity index (χ1) is 14.2. The summed E-state index contributed by atoms with van der Waals surface area (Å²) in [6, 6.07) is 26.1. The summed E-state index contributed by atoms with van der Waals surface area (Å²) >= 11 is 0. The molecule has 0 aromatic heterocycles. The van der Waals surface area contributed by atoms with Crippen LogP contribution in [0.2, 0.25) is 0 Å². The van der Waals surface area contributed by atoms with E-state index >= 15 is 0 Å². The molecule has 0 radical (unpaired) electrons. The van der Waals surface area contributed by atoms with Crippen LogP contribution in [0.3, 0.4) is 0 Å². The molecule has 2 heteroatoms. The van der Waals surface area contributed by atoms with Crippen LogP contribution in [-0.2, 0) is 29.6 Å². The van der Waals surface area contributed by atoms with Crippen molar-refractivity contribution in [1.29, 1.82) is 0 Å². The van der Waals surface area contributed by atoms with Gasteiger partial charge in [0.25, 0.3) is 0 Å². The van der Waals surface area contributed by atoms with Crippen molar-refractivity contribution >= 4 is 0 Å². The molecule has 0 aliphatic rings. The molecule has 0 amide bonds. The first kappa shape index (κ1) is 21.3. The van der Waals surface area contributed by atoms with E-state index in [1.807, 2.05) is 0 Å². The summed E-state index contributed by atoms with van der Waals surface area (Å²) in [5.41, 5.74) is 12.9. The molecule has 3 rings (SSSR count). The third-order valence-corrected chi connectivity index (χ3v) is 5.77. The van der Waals surface area contributed by atoms with Crippen LogP contribution in [0.4, 0.5) is 0 Å². The van der Waals surface area contributed by atoms with Crippen molar-refractivity contribution < 1.29 is 4.74 Å². The lowest BCUT2D eigenvalue weighted by Gasteiger charge is -2.39. The molecule has 0 saturated heterocycles. The van der Waals surface area contributed by atoms with Gasteiger partial charge in [0.2, 0.25) is 0 Å². The van der Waals surface area contributed by atoms with E-state index < -0.39 is 5.60 Å². The summed E-state index contributed by atoms with van der Waals surface area (Å²) in [4.78, 5) is 0. The summed E-state index contributed by atoms with van der Waals surface area (Å²) in [5.74, 6) is 0. The van der Waals surface area contributed by atoms with Gasteiger partial charge in [0.15, 0.2) is 0 Å². The van der Waals surface area contributed by atoms with Crippen molar-refractivity contribution in [3.8, 4) is 0 Å². The molecule has 0 saturated carbocycles. The lowest BCUT2D eigenvalue weighted by Crippen LogP contribution is -2.37. The highest BCUT2D eigenvalue weighted by molar-refractivity contribution is 5.55. The molecule has 0 atom stereocenters. The highest BCUT2D eigenvalue weighted by atomic mass is 16.5. The Kier molecular flexibility index (Phi) is 7.24. The van der Waals surface area contributed by atoms with Gasteiger partial charge in [0.05, 0.1) is 6.61 Å². The van der Waals surface area contributed by atoms with E-state index in [1.54, 1.807) is 0 Å². The second kappa shape index (κ2) is 9.87. The summed E-state index contributed by atoms with van der Waals surface area (Å²) < 4.78 is 6.84. The van der Waals surface area contributed by atoms with Gasteiger partial charge in [-0.3, -0.25) is 0 Å². The monoisotopic (exact) mass is 387 g/mol. The van der Waals surface area contributed by atoms with Crippen LogP contribution in [0.1, 0.15) is 54.2 Å². The molecule has 152 valence electrons. The van der Waals surface area contributed by atoms with E-state index in [4.69, 9.17) is 10.5 Å². The van der Waals surface area contributed by atoms with Gasteiger partial charge in [0, 0.05) is 6.54 Å². The minimum absolute atomic E-state index is 0.485. The first-order valence-electron chi connectivity index (χ1n) is 10.8. The SMILES string of the molecule is CCc1ccccc1C(OCCN)(c1ccccc1CC)c1ccccc1CC. The van der Waals surface area contributed by atoms with Crippen LogP contribution in [0.5, 0.6) is 0 Å². The third kappa shape index (κ3) is 4.01. The van der Waals surface area contributed by atoms with Crippen LogP contribution in [0, 0.1) is 0 Å². The fourth-order valence-electron chi connectivity index (χ4n) is 4.40. The number of hydrogen-bond acceptors (Lipinski definition) is 2. The highest BCUT2D eigenvalue weighted by Crippen LogP contribution is 2.45. The maximum Gasteiger partial charge on any atom is 0.144 e. The maximum atomic E-state index is 6.84. The first-order valence-corrected chi connectivity index (χ1v) is 10.8. The Morgan fingerprint density at radius 2 is 0.966 bits per heavy atom. The zero-order valence-corrected chi connectivity index (χ0v) is 17.9. The third-order valence-electron chi connectivity index (χ3n) is 5.77. The summed E-state index contributed by atoms with van der Waals surface area (Å²) in [6.45, 7) is 7.62. The zero-order valence-electron chi connectivity index (χ0n) is 17.9. The lowest BCUT2D eigenvalue weighted by atomic mass is 9.74. The van der Waals surface area contributed by atoms with Crippen LogP contribution in [-0.4, -0.2) is 13.2 Å². The molecule has 3 aromatic rings. The zero-order chi connectivity index (χ0) is 20.7. The highest BCUT2D eigenvalue weighted by Gasteiger charge is 2.41. The Morgan fingerprint density at radius 3 is 1.28 bits per heavy atom. The fraction of sp³-hybridized carbons (Fsp3) is 0.333. The predicted molar refractivity (Wildman–Crippen MR) is 122 cm³/mol. The smallest absolute Gasteiger partial charge is 0.144 e. The standard InChI is InChI=1S/C27H33NO/c1-4-21-13-7-10-16-24(21)27(29-20-19-28,25-17-11-8-14-22(25)5-2)26-18-12-9-15-23(26)6-3/h7-18H,4-6,19-20,28H2,1-3H3. The number of nitrogens with two attached hydrogens (primary N) is 1. The van der Waals surface area contributed by atoms with Crippen molar-refractivity contribution in [2.75, 3.05) is 13.2 Å². The van der Waals surface area contributed by atoms with E-state index in [0.717, 1.165) is 19.3 Å². The molecule has 0 spiro atoms. The Labute approximate surface area is 175 Å². The maximum absolute atomic E-state index is 6.84. The van der Waals surface area contributed by atoms with Crippen molar-refractivity contribution in [3.05, 3.63) is 106 Å². The minimum Gasteiger partial charge on any atom is -0.359 e. The van der Waals surface area contributed by atoms with Crippen LogP contribution in [0.15, 0.2) is 72.8 Å². The number of rotatable bonds is 9. The fourth-order valence-corrected chi connectivity index (χ4v) is 4.40. The van der Waals surface area contributed by atoms with E-state index in [1.165, 1.54) is 33.4 Å². The van der Waals surface area contributed by atoms with Crippen LogP contribution in [0.25, 0.3) is 0 Å². The van der Waals surface area contributed by atoms with E-state index in [2.05, 4.69) is 93.6 Å². The molecule has 3 aromatic carbocycles. The molecule has 29 heavy (non-hydrogen) atoms. The Balaban J connectivity index is 2.46. The second-order valence-electron chi connectivity index (χ2n) is 7.35. The number of hydrogen-bond donors (Lipinski definition) is 1. The largest absolute Gasteiger partial charge is 0.359 e. The molecule has 0 aliphatic heterocycles.